The summed E-state index contributed by atoms with van der Waals surface area (Å²) in [5, 5.41) is 3.47. The number of hydrogen-bond donors (Lipinski definition) is 1. The van der Waals surface area contributed by atoms with Crippen LogP contribution >= 0.6 is 0 Å². The van der Waals surface area contributed by atoms with Crippen molar-refractivity contribution in [1.82, 2.24) is 24.3 Å². The lowest BCUT2D eigenvalue weighted by atomic mass is 10.1. The number of fused-ring (bicyclic) bond motifs is 1. The Balaban J connectivity index is 1.54. The van der Waals surface area contributed by atoms with Gasteiger partial charge in [-0.25, -0.2) is 15.0 Å². The number of piperidine rings is 1. The molecule has 3 aromatic heterocycles. The van der Waals surface area contributed by atoms with Gasteiger partial charge in [-0.1, -0.05) is 13.0 Å². The van der Waals surface area contributed by atoms with E-state index in [4.69, 9.17) is 0 Å². The van der Waals surface area contributed by atoms with E-state index in [1.54, 1.807) is 12.4 Å². The van der Waals surface area contributed by atoms with Crippen molar-refractivity contribution in [3.05, 3.63) is 42.9 Å². The summed E-state index contributed by atoms with van der Waals surface area (Å²) in [6, 6.07) is 7.95. The van der Waals surface area contributed by atoms with E-state index < -0.39 is 0 Å². The molecule has 1 saturated heterocycles. The van der Waals surface area contributed by atoms with E-state index in [0.29, 0.717) is 12.2 Å². The van der Waals surface area contributed by atoms with Gasteiger partial charge in [-0.2, -0.15) is 0 Å². The first-order chi connectivity index (χ1) is 12.7. The molecule has 0 aromatic carbocycles. The monoisotopic (exact) mass is 350 g/mol. The van der Waals surface area contributed by atoms with Gasteiger partial charge < -0.3 is 10.2 Å². The second-order valence-corrected chi connectivity index (χ2v) is 6.51. The molecule has 0 spiro atoms. The largest absolute Gasteiger partial charge is 0.365 e. The van der Waals surface area contributed by atoms with Gasteiger partial charge in [0, 0.05) is 37.9 Å². The average Bonchev–Trinajstić information content (AvgIpc) is 3.12. The van der Waals surface area contributed by atoms with Crippen LogP contribution in [0.3, 0.4) is 0 Å². The van der Waals surface area contributed by atoms with Crippen LogP contribution in [0.4, 0.5) is 5.82 Å². The van der Waals surface area contributed by atoms with Crippen molar-refractivity contribution in [2.45, 2.75) is 32.2 Å². The molecule has 0 bridgehead atoms. The molecular weight excluding hydrogens is 328 g/mol. The molecule has 1 aliphatic heterocycles. The molecule has 0 unspecified atom stereocenters. The van der Waals surface area contributed by atoms with Crippen molar-refractivity contribution >= 4 is 17.4 Å². The zero-order valence-corrected chi connectivity index (χ0v) is 14.8. The number of pyridine rings is 1. The standard InChI is InChI=1S/C19H22N6O/c1-2-18(26)24-10-5-6-14(13-24)22-16-8-9-20-19(23-16)15-12-21-17-7-3-4-11-25(15)17/h3-4,7-9,11-12,14H,2,5-6,10,13H2,1H3,(H,20,22,23)/t14-/m1/s1. The Hall–Kier alpha value is -2.96. The molecule has 4 heterocycles. The van der Waals surface area contributed by atoms with E-state index in [2.05, 4.69) is 20.3 Å². The van der Waals surface area contributed by atoms with Gasteiger partial charge in [0.05, 0.1) is 6.20 Å². The molecule has 1 fully saturated rings. The predicted molar refractivity (Wildman–Crippen MR) is 99.7 cm³/mol. The van der Waals surface area contributed by atoms with Gasteiger partial charge >= 0.3 is 0 Å². The summed E-state index contributed by atoms with van der Waals surface area (Å²) >= 11 is 0. The number of carbonyl (C=O) groups is 1. The average molecular weight is 350 g/mol. The Morgan fingerprint density at radius 3 is 3.12 bits per heavy atom. The van der Waals surface area contributed by atoms with Crippen LogP contribution in [-0.2, 0) is 4.79 Å². The van der Waals surface area contributed by atoms with E-state index in [-0.39, 0.29) is 11.9 Å². The second kappa shape index (κ2) is 7.11. The third kappa shape index (κ3) is 3.24. The number of likely N-dealkylation sites (tertiary alicyclic amines) is 1. The highest BCUT2D eigenvalue weighted by Crippen LogP contribution is 2.20. The predicted octanol–water partition coefficient (Wildman–Crippen LogP) is 2.60. The number of carbonyl (C=O) groups excluding carboxylic acids is 1. The Morgan fingerprint density at radius 1 is 1.31 bits per heavy atom. The van der Waals surface area contributed by atoms with Gasteiger partial charge in [-0.05, 0) is 31.0 Å². The first-order valence-corrected chi connectivity index (χ1v) is 9.04. The first-order valence-electron chi connectivity index (χ1n) is 9.04. The van der Waals surface area contributed by atoms with E-state index in [1.807, 2.05) is 46.7 Å². The quantitative estimate of drug-likeness (QED) is 0.783. The van der Waals surface area contributed by atoms with Crippen molar-refractivity contribution in [2.24, 2.45) is 0 Å². The third-order valence-corrected chi connectivity index (χ3v) is 4.73. The minimum atomic E-state index is 0.212. The lowest BCUT2D eigenvalue weighted by Crippen LogP contribution is -2.45. The maximum Gasteiger partial charge on any atom is 0.222 e. The summed E-state index contributed by atoms with van der Waals surface area (Å²) in [4.78, 5) is 27.4. The highest BCUT2D eigenvalue weighted by Gasteiger charge is 2.23. The lowest BCUT2D eigenvalue weighted by molar-refractivity contribution is -0.131. The molecule has 1 atom stereocenters. The topological polar surface area (TPSA) is 75.4 Å². The highest BCUT2D eigenvalue weighted by atomic mass is 16.2. The summed E-state index contributed by atoms with van der Waals surface area (Å²) in [5.74, 6) is 1.62. The van der Waals surface area contributed by atoms with Gasteiger partial charge in [0.1, 0.15) is 17.2 Å². The van der Waals surface area contributed by atoms with Crippen LogP contribution in [0.1, 0.15) is 26.2 Å². The maximum atomic E-state index is 12.0. The molecule has 134 valence electrons. The first kappa shape index (κ1) is 16.5. The van der Waals surface area contributed by atoms with Crippen LogP contribution < -0.4 is 5.32 Å². The van der Waals surface area contributed by atoms with Crippen molar-refractivity contribution in [3.8, 4) is 11.5 Å². The molecule has 7 heteroatoms. The Morgan fingerprint density at radius 2 is 2.23 bits per heavy atom. The summed E-state index contributed by atoms with van der Waals surface area (Å²) in [6.07, 6.45) is 8.09. The van der Waals surface area contributed by atoms with Crippen LogP contribution in [0.5, 0.6) is 0 Å². The molecule has 7 nitrogen and oxygen atoms in total. The number of hydrogen-bond acceptors (Lipinski definition) is 5. The van der Waals surface area contributed by atoms with E-state index in [0.717, 1.165) is 43.1 Å². The second-order valence-electron chi connectivity index (χ2n) is 6.51. The fourth-order valence-corrected chi connectivity index (χ4v) is 3.41. The van der Waals surface area contributed by atoms with E-state index >= 15 is 0 Å². The number of imidazole rings is 1. The van der Waals surface area contributed by atoms with Crippen molar-refractivity contribution in [3.63, 3.8) is 0 Å². The summed E-state index contributed by atoms with van der Waals surface area (Å²) in [7, 11) is 0. The Bertz CT molecular complexity index is 921. The smallest absolute Gasteiger partial charge is 0.222 e. The summed E-state index contributed by atoms with van der Waals surface area (Å²) in [6.45, 7) is 3.48. The van der Waals surface area contributed by atoms with E-state index in [1.165, 1.54) is 0 Å². The molecule has 0 aliphatic carbocycles. The lowest BCUT2D eigenvalue weighted by Gasteiger charge is -2.33. The van der Waals surface area contributed by atoms with Gasteiger partial charge in [0.25, 0.3) is 0 Å². The number of aromatic nitrogens is 4. The Kier molecular flexibility index (Phi) is 4.51. The third-order valence-electron chi connectivity index (χ3n) is 4.73. The SMILES string of the molecule is CCC(=O)N1CCC[C@@H](Nc2ccnc(-c3cnc4ccccn34)n2)C1. The maximum absolute atomic E-state index is 12.0. The zero-order valence-electron chi connectivity index (χ0n) is 14.8. The van der Waals surface area contributed by atoms with Crippen molar-refractivity contribution in [2.75, 3.05) is 18.4 Å². The number of nitrogens with zero attached hydrogens (tertiary/aromatic N) is 5. The van der Waals surface area contributed by atoms with Crippen LogP contribution in [0.25, 0.3) is 17.2 Å². The van der Waals surface area contributed by atoms with Crippen molar-refractivity contribution in [1.29, 1.82) is 0 Å². The molecule has 0 saturated carbocycles. The van der Waals surface area contributed by atoms with Crippen LogP contribution in [0.15, 0.2) is 42.9 Å². The van der Waals surface area contributed by atoms with Gasteiger partial charge in [0.2, 0.25) is 5.91 Å². The van der Waals surface area contributed by atoms with Gasteiger partial charge in [0.15, 0.2) is 5.82 Å². The van der Waals surface area contributed by atoms with Crippen LogP contribution in [-0.4, -0.2) is 49.3 Å². The minimum Gasteiger partial charge on any atom is -0.365 e. The Labute approximate surface area is 152 Å². The molecule has 0 radical (unpaired) electrons. The summed E-state index contributed by atoms with van der Waals surface area (Å²) < 4.78 is 1.97. The molecule has 3 aromatic rings. The van der Waals surface area contributed by atoms with E-state index in [9.17, 15) is 4.79 Å². The summed E-state index contributed by atoms with van der Waals surface area (Å²) in [5.41, 5.74) is 1.72. The molecule has 26 heavy (non-hydrogen) atoms. The number of rotatable bonds is 4. The normalized spacial score (nSPS) is 17.4. The fourth-order valence-electron chi connectivity index (χ4n) is 3.41. The van der Waals surface area contributed by atoms with Crippen LogP contribution in [0.2, 0.25) is 0 Å². The highest BCUT2D eigenvalue weighted by molar-refractivity contribution is 5.76. The van der Waals surface area contributed by atoms with Crippen molar-refractivity contribution < 1.29 is 4.79 Å². The molecule has 1 N–H and O–H groups in total. The van der Waals surface area contributed by atoms with Crippen LogP contribution in [0, 0.1) is 0 Å². The minimum absolute atomic E-state index is 0.212. The molecule has 1 aliphatic rings. The van der Waals surface area contributed by atoms with Gasteiger partial charge in [-0.3, -0.25) is 9.20 Å². The molecular formula is C19H22N6O. The zero-order chi connectivity index (χ0) is 17.9. The molecule has 4 rings (SSSR count). The van der Waals surface area contributed by atoms with Gasteiger partial charge in [-0.15, -0.1) is 0 Å². The molecule has 1 amide bonds. The number of nitrogens with one attached hydrogen (secondary N) is 1. The fraction of sp³-hybridized carbons (Fsp3) is 0.368. The number of amides is 1. The number of anilines is 1.